The van der Waals surface area contributed by atoms with Gasteiger partial charge in [0.15, 0.2) is 12.3 Å². The van der Waals surface area contributed by atoms with E-state index in [9.17, 15) is 9.59 Å². The summed E-state index contributed by atoms with van der Waals surface area (Å²) in [6, 6.07) is 5.65. The van der Waals surface area contributed by atoms with Gasteiger partial charge in [0.1, 0.15) is 18.6 Å². The molecule has 0 bridgehead atoms. The number of nitrogens with one attached hydrogen (secondary N) is 1. The van der Waals surface area contributed by atoms with Gasteiger partial charge < -0.3 is 19.2 Å². The molecular weight excluding hydrogens is 376 g/mol. The highest BCUT2D eigenvalue weighted by Crippen LogP contribution is 2.33. The Morgan fingerprint density at radius 3 is 2.93 bits per heavy atom. The van der Waals surface area contributed by atoms with Crippen molar-refractivity contribution in [2.45, 2.75) is 13.5 Å². The summed E-state index contributed by atoms with van der Waals surface area (Å²) >= 11 is 0. The largest absolute Gasteiger partial charge is 0.482 e. The number of fused-ring (bicyclic) bond motifs is 1. The van der Waals surface area contributed by atoms with Crippen molar-refractivity contribution in [1.29, 1.82) is 0 Å². The van der Waals surface area contributed by atoms with Crippen molar-refractivity contribution in [2.24, 2.45) is 0 Å². The van der Waals surface area contributed by atoms with Crippen LogP contribution in [0.2, 0.25) is 0 Å². The van der Waals surface area contributed by atoms with Crippen molar-refractivity contribution >= 4 is 17.5 Å². The van der Waals surface area contributed by atoms with Crippen LogP contribution in [0.4, 0.5) is 5.69 Å². The van der Waals surface area contributed by atoms with Gasteiger partial charge >= 0.3 is 0 Å². The quantitative estimate of drug-likeness (QED) is 0.772. The second-order valence-corrected chi connectivity index (χ2v) is 7.08. The van der Waals surface area contributed by atoms with Crippen LogP contribution in [0.15, 0.2) is 28.9 Å². The molecular formula is C20H24N4O5. The molecule has 0 atom stereocenters. The van der Waals surface area contributed by atoms with E-state index < -0.39 is 0 Å². The standard InChI is InChI=1S/C20H24N4O5/c1-14-2-3-17-16(10-14)24(19(25)13-28-17)11-18-22-15(12-29-18)20(26)21-4-5-23-6-8-27-9-7-23/h2-3,10,12H,4-9,11,13H2,1H3,(H,21,26). The maximum absolute atomic E-state index is 12.3. The molecule has 0 spiro atoms. The van der Waals surface area contributed by atoms with Gasteiger partial charge in [0.25, 0.3) is 11.8 Å². The van der Waals surface area contributed by atoms with Gasteiger partial charge in [0.2, 0.25) is 5.89 Å². The first-order valence-corrected chi connectivity index (χ1v) is 9.66. The van der Waals surface area contributed by atoms with E-state index in [0.717, 1.165) is 38.4 Å². The lowest BCUT2D eigenvalue weighted by Gasteiger charge is -2.28. The molecule has 1 saturated heterocycles. The van der Waals surface area contributed by atoms with Gasteiger partial charge in [-0.3, -0.25) is 19.4 Å². The first-order chi connectivity index (χ1) is 14.1. The van der Waals surface area contributed by atoms with E-state index in [-0.39, 0.29) is 30.7 Å². The molecule has 2 aromatic rings. The Bertz CT molecular complexity index is 891. The molecule has 0 radical (unpaired) electrons. The monoisotopic (exact) mass is 400 g/mol. The second kappa shape index (κ2) is 8.62. The molecule has 0 unspecified atom stereocenters. The normalized spacial score (nSPS) is 17.0. The van der Waals surface area contributed by atoms with E-state index in [4.69, 9.17) is 13.9 Å². The highest BCUT2D eigenvalue weighted by atomic mass is 16.5. The minimum atomic E-state index is -0.294. The minimum Gasteiger partial charge on any atom is -0.482 e. The van der Waals surface area contributed by atoms with Crippen molar-refractivity contribution in [3.8, 4) is 5.75 Å². The highest BCUT2D eigenvalue weighted by Gasteiger charge is 2.27. The predicted molar refractivity (Wildman–Crippen MR) is 104 cm³/mol. The van der Waals surface area contributed by atoms with Crippen LogP contribution in [0.1, 0.15) is 21.9 Å². The number of aromatic nitrogens is 1. The third-order valence-corrected chi connectivity index (χ3v) is 4.95. The number of hydrogen-bond donors (Lipinski definition) is 1. The summed E-state index contributed by atoms with van der Waals surface area (Å²) in [5.74, 6) is 0.462. The van der Waals surface area contributed by atoms with E-state index in [0.29, 0.717) is 23.9 Å². The van der Waals surface area contributed by atoms with Crippen LogP contribution in [0.25, 0.3) is 0 Å². The molecule has 9 nitrogen and oxygen atoms in total. The van der Waals surface area contributed by atoms with Crippen LogP contribution in [-0.4, -0.2) is 67.7 Å². The Morgan fingerprint density at radius 2 is 2.10 bits per heavy atom. The van der Waals surface area contributed by atoms with Gasteiger partial charge in [0, 0.05) is 26.2 Å². The third-order valence-electron chi connectivity index (χ3n) is 4.95. The number of benzene rings is 1. The second-order valence-electron chi connectivity index (χ2n) is 7.08. The fourth-order valence-corrected chi connectivity index (χ4v) is 3.35. The highest BCUT2D eigenvalue weighted by molar-refractivity contribution is 5.97. The molecule has 1 N–H and O–H groups in total. The van der Waals surface area contributed by atoms with Crippen LogP contribution < -0.4 is 15.0 Å². The third kappa shape index (κ3) is 4.57. The average molecular weight is 400 g/mol. The van der Waals surface area contributed by atoms with Crippen molar-refractivity contribution in [2.75, 3.05) is 50.9 Å². The predicted octanol–water partition coefficient (Wildman–Crippen LogP) is 0.971. The minimum absolute atomic E-state index is 0.0361. The Kier molecular flexibility index (Phi) is 5.77. The number of anilines is 1. The van der Waals surface area contributed by atoms with Crippen LogP contribution in [0.5, 0.6) is 5.75 Å². The smallest absolute Gasteiger partial charge is 0.273 e. The molecule has 29 heavy (non-hydrogen) atoms. The number of ether oxygens (including phenoxy) is 2. The molecule has 3 heterocycles. The van der Waals surface area contributed by atoms with E-state index in [1.807, 2.05) is 25.1 Å². The molecule has 9 heteroatoms. The molecule has 154 valence electrons. The number of hydrogen-bond acceptors (Lipinski definition) is 7. The molecule has 2 amide bonds. The van der Waals surface area contributed by atoms with Gasteiger partial charge in [0.05, 0.1) is 18.9 Å². The maximum Gasteiger partial charge on any atom is 0.273 e. The van der Waals surface area contributed by atoms with Crippen molar-refractivity contribution < 1.29 is 23.5 Å². The van der Waals surface area contributed by atoms with Gasteiger partial charge in [-0.2, -0.15) is 0 Å². The van der Waals surface area contributed by atoms with Crippen LogP contribution >= 0.6 is 0 Å². The van der Waals surface area contributed by atoms with Gasteiger partial charge in [-0.15, -0.1) is 0 Å². The number of carbonyl (C=O) groups is 2. The molecule has 0 saturated carbocycles. The topological polar surface area (TPSA) is 97.1 Å². The molecule has 1 aromatic carbocycles. The summed E-state index contributed by atoms with van der Waals surface area (Å²) in [7, 11) is 0. The van der Waals surface area contributed by atoms with E-state index >= 15 is 0 Å². The first-order valence-electron chi connectivity index (χ1n) is 9.66. The summed E-state index contributed by atoms with van der Waals surface area (Å²) < 4.78 is 16.2. The number of oxazole rings is 1. The lowest BCUT2D eigenvalue weighted by molar-refractivity contribution is -0.121. The van der Waals surface area contributed by atoms with Crippen LogP contribution in [0.3, 0.4) is 0 Å². The summed E-state index contributed by atoms with van der Waals surface area (Å²) in [4.78, 5) is 32.7. The van der Waals surface area contributed by atoms with Gasteiger partial charge in [-0.25, -0.2) is 4.98 Å². The first kappa shape index (κ1) is 19.4. The Labute approximate surface area is 168 Å². The number of rotatable bonds is 6. The summed E-state index contributed by atoms with van der Waals surface area (Å²) in [5, 5.41) is 2.85. The molecule has 1 fully saturated rings. The summed E-state index contributed by atoms with van der Waals surface area (Å²) in [5.41, 5.74) is 1.89. The number of amides is 2. The van der Waals surface area contributed by atoms with E-state index in [1.54, 1.807) is 4.90 Å². The molecule has 4 rings (SSSR count). The molecule has 2 aliphatic rings. The average Bonchev–Trinajstić information content (AvgIpc) is 3.20. The van der Waals surface area contributed by atoms with Crippen LogP contribution in [0, 0.1) is 6.92 Å². The Balaban J connectivity index is 1.36. The molecule has 0 aliphatic carbocycles. The van der Waals surface area contributed by atoms with Gasteiger partial charge in [-0.05, 0) is 24.6 Å². The zero-order chi connectivity index (χ0) is 20.2. The number of carbonyl (C=O) groups excluding carboxylic acids is 2. The number of nitrogens with zero attached hydrogens (tertiary/aromatic N) is 3. The summed E-state index contributed by atoms with van der Waals surface area (Å²) in [6.45, 7) is 6.53. The van der Waals surface area contributed by atoms with E-state index in [1.165, 1.54) is 6.26 Å². The fraction of sp³-hybridized carbons (Fsp3) is 0.450. The summed E-state index contributed by atoms with van der Waals surface area (Å²) in [6.07, 6.45) is 1.32. The van der Waals surface area contributed by atoms with Crippen molar-refractivity contribution in [1.82, 2.24) is 15.2 Å². The Hall–Kier alpha value is -2.91. The molecule has 2 aliphatic heterocycles. The zero-order valence-electron chi connectivity index (χ0n) is 16.3. The lowest BCUT2D eigenvalue weighted by atomic mass is 10.1. The maximum atomic E-state index is 12.3. The van der Waals surface area contributed by atoms with Crippen molar-refractivity contribution in [3.05, 3.63) is 41.6 Å². The van der Waals surface area contributed by atoms with Crippen molar-refractivity contribution in [3.63, 3.8) is 0 Å². The lowest BCUT2D eigenvalue weighted by Crippen LogP contribution is -2.41. The van der Waals surface area contributed by atoms with Crippen LogP contribution in [-0.2, 0) is 16.1 Å². The Morgan fingerprint density at radius 1 is 1.28 bits per heavy atom. The van der Waals surface area contributed by atoms with E-state index in [2.05, 4.69) is 15.2 Å². The fourth-order valence-electron chi connectivity index (χ4n) is 3.35. The SMILES string of the molecule is Cc1ccc2c(c1)N(Cc1nc(C(=O)NCCN3CCOCC3)co1)C(=O)CO2. The number of morpholine rings is 1. The number of aryl methyl sites for hydroxylation is 1. The molecule has 1 aromatic heterocycles. The van der Waals surface area contributed by atoms with Gasteiger partial charge in [-0.1, -0.05) is 6.07 Å². The zero-order valence-corrected chi connectivity index (χ0v) is 16.3.